The van der Waals surface area contributed by atoms with E-state index in [1.807, 2.05) is 18.2 Å². The molecule has 29 heavy (non-hydrogen) atoms. The van der Waals surface area contributed by atoms with Gasteiger partial charge in [-0.15, -0.1) is 0 Å². The van der Waals surface area contributed by atoms with Crippen molar-refractivity contribution in [3.63, 3.8) is 0 Å². The standard InChI is InChI=1S/C21H26FN3O4/c1-14-10-16(6-7-17(14)22)24-18(21(26)25-27)4-2-3-9-23-12-15-5-8-19-20(11-15)29-13-28-19/h5-8,10-11,18,23-24,27H,2-4,9,12-13H2,1H3,(H,25,26)/t18-/m1/s1. The minimum Gasteiger partial charge on any atom is -0.454 e. The van der Waals surface area contributed by atoms with E-state index in [-0.39, 0.29) is 12.6 Å². The smallest absolute Gasteiger partial charge is 0.265 e. The number of halogens is 1. The molecule has 0 unspecified atom stereocenters. The van der Waals surface area contributed by atoms with Crippen LogP contribution in [-0.2, 0) is 11.3 Å². The molecule has 0 radical (unpaired) electrons. The molecule has 1 heterocycles. The summed E-state index contributed by atoms with van der Waals surface area (Å²) >= 11 is 0. The van der Waals surface area contributed by atoms with Gasteiger partial charge in [0.2, 0.25) is 6.79 Å². The van der Waals surface area contributed by atoms with Crippen LogP contribution in [-0.4, -0.2) is 30.5 Å². The van der Waals surface area contributed by atoms with Gasteiger partial charge in [0.05, 0.1) is 0 Å². The first kappa shape index (κ1) is 20.9. The SMILES string of the molecule is Cc1cc(N[C@H](CCCCNCc2ccc3c(c2)OCO3)C(=O)NO)ccc1F. The van der Waals surface area contributed by atoms with E-state index in [0.717, 1.165) is 36.4 Å². The van der Waals surface area contributed by atoms with Crippen molar-refractivity contribution in [2.45, 2.75) is 38.8 Å². The summed E-state index contributed by atoms with van der Waals surface area (Å²) < 4.78 is 24.1. The Morgan fingerprint density at radius 1 is 1.17 bits per heavy atom. The predicted molar refractivity (Wildman–Crippen MR) is 107 cm³/mol. The molecule has 1 aliphatic heterocycles. The van der Waals surface area contributed by atoms with Crippen LogP contribution >= 0.6 is 0 Å². The monoisotopic (exact) mass is 403 g/mol. The Balaban J connectivity index is 1.40. The Hall–Kier alpha value is -2.84. The van der Waals surface area contributed by atoms with Crippen molar-refractivity contribution >= 4 is 11.6 Å². The van der Waals surface area contributed by atoms with Gasteiger partial charge in [0.1, 0.15) is 11.9 Å². The third-order valence-corrected chi connectivity index (χ3v) is 4.79. The number of nitrogens with one attached hydrogen (secondary N) is 3. The number of hydrogen-bond acceptors (Lipinski definition) is 6. The molecular formula is C21H26FN3O4. The first-order chi connectivity index (χ1) is 14.1. The maximum atomic E-state index is 13.4. The summed E-state index contributed by atoms with van der Waals surface area (Å²) in [6, 6.07) is 9.83. The highest BCUT2D eigenvalue weighted by atomic mass is 19.1. The average Bonchev–Trinajstić information content (AvgIpc) is 3.19. The number of carbonyl (C=O) groups is 1. The molecule has 8 heteroatoms. The lowest BCUT2D eigenvalue weighted by molar-refractivity contribution is -0.130. The van der Waals surface area contributed by atoms with Crippen LogP contribution in [0.5, 0.6) is 11.5 Å². The van der Waals surface area contributed by atoms with Gasteiger partial charge in [-0.1, -0.05) is 6.07 Å². The van der Waals surface area contributed by atoms with Crippen LogP contribution in [0.25, 0.3) is 0 Å². The molecule has 0 aliphatic carbocycles. The molecule has 3 rings (SSSR count). The maximum absolute atomic E-state index is 13.4. The van der Waals surface area contributed by atoms with Gasteiger partial charge in [0.25, 0.3) is 5.91 Å². The summed E-state index contributed by atoms with van der Waals surface area (Å²) in [5.74, 6) is 0.725. The Bertz CT molecular complexity index is 847. The van der Waals surface area contributed by atoms with E-state index in [4.69, 9.17) is 14.7 Å². The van der Waals surface area contributed by atoms with Gasteiger partial charge < -0.3 is 20.1 Å². The zero-order valence-electron chi connectivity index (χ0n) is 16.3. The largest absolute Gasteiger partial charge is 0.454 e. The normalized spacial score (nSPS) is 13.2. The van der Waals surface area contributed by atoms with Gasteiger partial charge in [-0.2, -0.15) is 0 Å². The van der Waals surface area contributed by atoms with Gasteiger partial charge in [0, 0.05) is 12.2 Å². The molecule has 7 nitrogen and oxygen atoms in total. The van der Waals surface area contributed by atoms with Crippen LogP contribution < -0.4 is 25.6 Å². The zero-order chi connectivity index (χ0) is 20.6. The minimum atomic E-state index is -0.598. The number of rotatable bonds is 10. The topological polar surface area (TPSA) is 91.8 Å². The molecule has 4 N–H and O–H groups in total. The maximum Gasteiger partial charge on any atom is 0.265 e. The lowest BCUT2D eigenvalue weighted by atomic mass is 10.1. The molecule has 1 aliphatic rings. The Morgan fingerprint density at radius 3 is 2.79 bits per heavy atom. The molecule has 0 fully saturated rings. The third-order valence-electron chi connectivity index (χ3n) is 4.79. The molecule has 156 valence electrons. The molecular weight excluding hydrogens is 377 g/mol. The van der Waals surface area contributed by atoms with Crippen molar-refractivity contribution in [3.8, 4) is 11.5 Å². The quantitative estimate of drug-likeness (QED) is 0.277. The van der Waals surface area contributed by atoms with Gasteiger partial charge >= 0.3 is 0 Å². The molecule has 2 aromatic rings. The fourth-order valence-corrected chi connectivity index (χ4v) is 3.16. The molecule has 0 saturated heterocycles. The number of benzene rings is 2. The fourth-order valence-electron chi connectivity index (χ4n) is 3.16. The van der Waals surface area contributed by atoms with E-state index in [2.05, 4.69) is 10.6 Å². The van der Waals surface area contributed by atoms with Crippen molar-refractivity contribution in [2.75, 3.05) is 18.7 Å². The number of fused-ring (bicyclic) bond motifs is 1. The Morgan fingerprint density at radius 2 is 2.00 bits per heavy atom. The number of ether oxygens (including phenoxy) is 2. The van der Waals surface area contributed by atoms with Gasteiger partial charge in [-0.25, -0.2) is 9.87 Å². The molecule has 0 aromatic heterocycles. The van der Waals surface area contributed by atoms with Crippen molar-refractivity contribution < 1.29 is 23.9 Å². The number of hydrogen-bond donors (Lipinski definition) is 4. The van der Waals surface area contributed by atoms with Crippen LogP contribution in [0.3, 0.4) is 0 Å². The van der Waals surface area contributed by atoms with Crippen LogP contribution in [0.15, 0.2) is 36.4 Å². The zero-order valence-corrected chi connectivity index (χ0v) is 16.3. The summed E-state index contributed by atoms with van der Waals surface area (Å²) in [6.07, 6.45) is 2.18. The number of carbonyl (C=O) groups excluding carboxylic acids is 1. The van der Waals surface area contributed by atoms with Crippen LogP contribution in [0.4, 0.5) is 10.1 Å². The van der Waals surface area contributed by atoms with Crippen molar-refractivity contribution in [1.82, 2.24) is 10.8 Å². The van der Waals surface area contributed by atoms with Crippen molar-refractivity contribution in [3.05, 3.63) is 53.3 Å². The summed E-state index contributed by atoms with van der Waals surface area (Å²) in [6.45, 7) is 3.43. The summed E-state index contributed by atoms with van der Waals surface area (Å²) in [5, 5.41) is 15.4. The Kier molecular flexibility index (Phi) is 7.26. The van der Waals surface area contributed by atoms with E-state index < -0.39 is 11.9 Å². The first-order valence-corrected chi connectivity index (χ1v) is 9.62. The number of anilines is 1. The number of amides is 1. The van der Waals surface area contributed by atoms with E-state index in [9.17, 15) is 9.18 Å². The minimum absolute atomic E-state index is 0.264. The number of hydroxylamine groups is 1. The van der Waals surface area contributed by atoms with E-state index in [0.29, 0.717) is 24.2 Å². The summed E-state index contributed by atoms with van der Waals surface area (Å²) in [4.78, 5) is 11.9. The lowest BCUT2D eigenvalue weighted by Gasteiger charge is -2.18. The third kappa shape index (κ3) is 5.82. The molecule has 0 spiro atoms. The highest BCUT2D eigenvalue weighted by Gasteiger charge is 2.18. The van der Waals surface area contributed by atoms with Crippen LogP contribution in [0.2, 0.25) is 0 Å². The van der Waals surface area contributed by atoms with Gasteiger partial charge in [-0.05, 0) is 74.2 Å². The average molecular weight is 403 g/mol. The molecule has 2 aromatic carbocycles. The second-order valence-corrected chi connectivity index (χ2v) is 7.00. The first-order valence-electron chi connectivity index (χ1n) is 9.62. The van der Waals surface area contributed by atoms with Crippen molar-refractivity contribution in [2.24, 2.45) is 0 Å². The molecule has 0 bridgehead atoms. The number of unbranched alkanes of at least 4 members (excludes halogenated alkanes) is 1. The van der Waals surface area contributed by atoms with Gasteiger partial charge in [-0.3, -0.25) is 10.0 Å². The molecule has 1 atom stereocenters. The highest BCUT2D eigenvalue weighted by Crippen LogP contribution is 2.32. The summed E-state index contributed by atoms with van der Waals surface area (Å²) in [5.41, 5.74) is 3.93. The van der Waals surface area contributed by atoms with Crippen LogP contribution in [0.1, 0.15) is 30.4 Å². The molecule has 0 saturated carbocycles. The van der Waals surface area contributed by atoms with E-state index >= 15 is 0 Å². The van der Waals surface area contributed by atoms with E-state index in [1.165, 1.54) is 6.07 Å². The fraction of sp³-hybridized carbons (Fsp3) is 0.381. The summed E-state index contributed by atoms with van der Waals surface area (Å²) in [7, 11) is 0. The molecule has 1 amide bonds. The Labute approximate surface area is 169 Å². The van der Waals surface area contributed by atoms with Crippen molar-refractivity contribution in [1.29, 1.82) is 0 Å². The highest BCUT2D eigenvalue weighted by molar-refractivity contribution is 5.83. The van der Waals surface area contributed by atoms with Gasteiger partial charge in [0.15, 0.2) is 11.5 Å². The number of aryl methyl sites for hydroxylation is 1. The predicted octanol–water partition coefficient (Wildman–Crippen LogP) is 3.11. The van der Waals surface area contributed by atoms with Crippen LogP contribution in [0, 0.1) is 12.7 Å². The van der Waals surface area contributed by atoms with E-state index in [1.54, 1.807) is 24.5 Å². The lowest BCUT2D eigenvalue weighted by Crippen LogP contribution is -2.38. The second-order valence-electron chi connectivity index (χ2n) is 7.00. The second kappa shape index (κ2) is 10.1.